The topological polar surface area (TPSA) is 49.8 Å². The lowest BCUT2D eigenvalue weighted by Crippen LogP contribution is -2.50. The summed E-state index contributed by atoms with van der Waals surface area (Å²) in [4.78, 5) is 13.3. The van der Waals surface area contributed by atoms with E-state index >= 15 is 0 Å². The molecule has 0 aromatic heterocycles. The predicted octanol–water partition coefficient (Wildman–Crippen LogP) is 2.94. The van der Waals surface area contributed by atoms with Crippen LogP contribution in [0, 0.1) is 5.92 Å². The number of aliphatic carboxylic acids is 1. The molecule has 0 saturated heterocycles. The molecule has 0 aliphatic carbocycles. The zero-order valence-corrected chi connectivity index (χ0v) is 12.6. The summed E-state index contributed by atoms with van der Waals surface area (Å²) in [6, 6.07) is 7.99. The van der Waals surface area contributed by atoms with E-state index in [0.717, 1.165) is 11.3 Å². The fourth-order valence-corrected chi connectivity index (χ4v) is 2.85. The molecule has 0 fully saturated rings. The van der Waals surface area contributed by atoms with Crippen molar-refractivity contribution in [3.05, 3.63) is 29.8 Å². The van der Waals surface area contributed by atoms with E-state index in [1.54, 1.807) is 0 Å². The number of carboxylic acid groups (broad SMARTS) is 1. The number of benzene rings is 1. The third-order valence-corrected chi connectivity index (χ3v) is 3.78. The largest absolute Gasteiger partial charge is 0.493 e. The van der Waals surface area contributed by atoms with E-state index in [0.29, 0.717) is 6.61 Å². The third-order valence-electron chi connectivity index (χ3n) is 3.78. The summed E-state index contributed by atoms with van der Waals surface area (Å²) >= 11 is 0. The fourth-order valence-electron chi connectivity index (χ4n) is 2.85. The molecule has 0 saturated carbocycles. The van der Waals surface area contributed by atoms with Gasteiger partial charge in [-0.2, -0.15) is 0 Å². The molecular weight excluding hydrogens is 254 g/mol. The lowest BCUT2D eigenvalue weighted by Gasteiger charge is -2.45. The number of ether oxygens (including phenoxy) is 1. The van der Waals surface area contributed by atoms with Gasteiger partial charge in [-0.25, -0.2) is 0 Å². The lowest BCUT2D eigenvalue weighted by molar-refractivity contribution is -0.141. The van der Waals surface area contributed by atoms with Crippen LogP contribution in [0.15, 0.2) is 24.3 Å². The van der Waals surface area contributed by atoms with Crippen molar-refractivity contribution in [1.29, 1.82) is 0 Å². The molecule has 2 rings (SSSR count). The molecule has 20 heavy (non-hydrogen) atoms. The number of nitrogens with zero attached hydrogens (tertiary/aromatic N) is 1. The minimum absolute atomic E-state index is 0.0346. The summed E-state index contributed by atoms with van der Waals surface area (Å²) in [5.41, 5.74) is 0.865. The summed E-state index contributed by atoms with van der Waals surface area (Å²) < 4.78 is 5.76. The Labute approximate surface area is 120 Å². The van der Waals surface area contributed by atoms with Gasteiger partial charge in [-0.3, -0.25) is 9.69 Å². The van der Waals surface area contributed by atoms with Crippen LogP contribution in [0.5, 0.6) is 5.75 Å². The molecule has 2 atom stereocenters. The Morgan fingerprint density at radius 2 is 2.05 bits per heavy atom. The number of carbonyl (C=O) groups is 1. The van der Waals surface area contributed by atoms with E-state index < -0.39 is 5.97 Å². The van der Waals surface area contributed by atoms with Crippen molar-refractivity contribution in [3.63, 3.8) is 0 Å². The Hall–Kier alpha value is -1.55. The number of carboxylic acids is 1. The average Bonchev–Trinajstić information content (AvgIpc) is 2.35. The monoisotopic (exact) mass is 277 g/mol. The molecule has 0 spiro atoms. The average molecular weight is 277 g/mol. The second-order valence-corrected chi connectivity index (χ2v) is 6.46. The van der Waals surface area contributed by atoms with Crippen molar-refractivity contribution < 1.29 is 14.6 Å². The first-order chi connectivity index (χ1) is 9.30. The van der Waals surface area contributed by atoms with Crippen LogP contribution in [0.1, 0.15) is 39.3 Å². The van der Waals surface area contributed by atoms with Gasteiger partial charge in [0.2, 0.25) is 0 Å². The molecule has 4 nitrogen and oxygen atoms in total. The minimum atomic E-state index is -0.795. The zero-order chi connectivity index (χ0) is 14.9. The number of para-hydroxylation sites is 1. The maximum absolute atomic E-state index is 11.2. The maximum atomic E-state index is 11.2. The fraction of sp³-hybridized carbons (Fsp3) is 0.562. The lowest BCUT2D eigenvalue weighted by atomic mass is 9.87. The van der Waals surface area contributed by atoms with Crippen LogP contribution >= 0.6 is 0 Å². The third kappa shape index (κ3) is 2.96. The highest BCUT2D eigenvalue weighted by molar-refractivity contribution is 5.69. The Morgan fingerprint density at radius 1 is 1.40 bits per heavy atom. The highest BCUT2D eigenvalue weighted by atomic mass is 16.5. The van der Waals surface area contributed by atoms with E-state index in [4.69, 9.17) is 4.74 Å². The summed E-state index contributed by atoms with van der Waals surface area (Å²) in [5, 5.41) is 9.24. The predicted molar refractivity (Wildman–Crippen MR) is 77.9 cm³/mol. The van der Waals surface area contributed by atoms with Crippen molar-refractivity contribution in [2.75, 3.05) is 13.2 Å². The molecule has 1 aromatic carbocycles. The summed E-state index contributed by atoms with van der Waals surface area (Å²) in [6.45, 7) is 8.93. The van der Waals surface area contributed by atoms with E-state index in [-0.39, 0.29) is 24.0 Å². The van der Waals surface area contributed by atoms with Gasteiger partial charge in [-0.1, -0.05) is 25.1 Å². The Bertz CT molecular complexity index is 493. The highest BCUT2D eigenvalue weighted by Gasteiger charge is 2.38. The molecule has 4 heteroatoms. The van der Waals surface area contributed by atoms with Crippen LogP contribution in [0.25, 0.3) is 0 Å². The van der Waals surface area contributed by atoms with Gasteiger partial charge in [0.1, 0.15) is 5.75 Å². The second-order valence-electron chi connectivity index (χ2n) is 6.46. The van der Waals surface area contributed by atoms with Crippen molar-refractivity contribution in [1.82, 2.24) is 4.90 Å². The molecular formula is C16H23NO3. The van der Waals surface area contributed by atoms with Crippen molar-refractivity contribution >= 4 is 5.97 Å². The van der Waals surface area contributed by atoms with Gasteiger partial charge >= 0.3 is 5.97 Å². The van der Waals surface area contributed by atoms with Crippen molar-refractivity contribution in [3.8, 4) is 5.75 Å². The molecule has 110 valence electrons. The first-order valence-electron chi connectivity index (χ1n) is 7.01. The normalized spacial score (nSPS) is 22.2. The zero-order valence-electron chi connectivity index (χ0n) is 12.6. The number of hydrogen-bond donors (Lipinski definition) is 1. The van der Waals surface area contributed by atoms with Crippen LogP contribution in [0.4, 0.5) is 0 Å². The molecule has 1 heterocycles. The number of fused-ring (bicyclic) bond motifs is 1. The van der Waals surface area contributed by atoms with Crippen molar-refractivity contribution in [2.45, 2.75) is 39.3 Å². The van der Waals surface area contributed by atoms with Gasteiger partial charge < -0.3 is 9.84 Å². The van der Waals surface area contributed by atoms with Crippen LogP contribution < -0.4 is 4.74 Å². The van der Waals surface area contributed by atoms with Crippen molar-refractivity contribution in [2.24, 2.45) is 5.92 Å². The SMILES string of the molecule is CC1COc2ccccc2C1N(CC(=O)O)C(C)(C)C. The Balaban J connectivity index is 2.44. The van der Waals surface area contributed by atoms with Gasteiger partial charge in [0.15, 0.2) is 0 Å². The Morgan fingerprint density at radius 3 is 2.65 bits per heavy atom. The second kappa shape index (κ2) is 5.44. The first-order valence-corrected chi connectivity index (χ1v) is 7.01. The van der Waals surface area contributed by atoms with E-state index in [1.165, 1.54) is 0 Å². The van der Waals surface area contributed by atoms with Gasteiger partial charge in [0, 0.05) is 23.1 Å². The summed E-state index contributed by atoms with van der Waals surface area (Å²) in [5.74, 6) is 0.329. The van der Waals surface area contributed by atoms with Gasteiger partial charge in [0.05, 0.1) is 13.2 Å². The maximum Gasteiger partial charge on any atom is 0.317 e. The van der Waals surface area contributed by atoms with Gasteiger partial charge in [0.25, 0.3) is 0 Å². The van der Waals surface area contributed by atoms with E-state index in [9.17, 15) is 9.90 Å². The molecule has 0 amide bonds. The quantitative estimate of drug-likeness (QED) is 0.923. The van der Waals surface area contributed by atoms with E-state index in [2.05, 4.69) is 32.6 Å². The Kier molecular flexibility index (Phi) is 4.04. The van der Waals surface area contributed by atoms with Crippen LogP contribution in [0.2, 0.25) is 0 Å². The molecule has 0 bridgehead atoms. The van der Waals surface area contributed by atoms with Gasteiger partial charge in [-0.15, -0.1) is 0 Å². The minimum Gasteiger partial charge on any atom is -0.493 e. The number of rotatable bonds is 3. The summed E-state index contributed by atoms with van der Waals surface area (Å²) in [7, 11) is 0. The van der Waals surface area contributed by atoms with Crippen LogP contribution in [-0.2, 0) is 4.79 Å². The van der Waals surface area contributed by atoms with E-state index in [1.807, 2.05) is 24.3 Å². The smallest absolute Gasteiger partial charge is 0.317 e. The van der Waals surface area contributed by atoms with Gasteiger partial charge in [-0.05, 0) is 26.8 Å². The molecule has 1 aliphatic heterocycles. The molecule has 0 radical (unpaired) electrons. The van der Waals surface area contributed by atoms with Crippen LogP contribution in [-0.4, -0.2) is 34.7 Å². The first kappa shape index (κ1) is 14.9. The highest BCUT2D eigenvalue weighted by Crippen LogP contribution is 2.41. The molecule has 1 aliphatic rings. The number of hydrogen-bond acceptors (Lipinski definition) is 3. The molecule has 1 aromatic rings. The summed E-state index contributed by atoms with van der Waals surface area (Å²) in [6.07, 6.45) is 0. The van der Waals surface area contributed by atoms with Crippen LogP contribution in [0.3, 0.4) is 0 Å². The molecule has 2 unspecified atom stereocenters. The molecule has 1 N–H and O–H groups in total. The standard InChI is InChI=1S/C16H23NO3/c1-11-10-20-13-8-6-5-7-12(13)15(11)17(9-14(18)19)16(2,3)4/h5-8,11,15H,9-10H2,1-4H3,(H,18,19).